The van der Waals surface area contributed by atoms with Crippen molar-refractivity contribution < 1.29 is 9.84 Å². The maximum Gasteiger partial charge on any atom is 0.127 e. The molecule has 0 saturated heterocycles. The molecule has 2 aromatic rings. The Morgan fingerprint density at radius 1 is 1.09 bits per heavy atom. The fourth-order valence-electron chi connectivity index (χ4n) is 2.22. The smallest absolute Gasteiger partial charge is 0.127 e. The van der Waals surface area contributed by atoms with Gasteiger partial charge in [-0.1, -0.05) is 30.3 Å². The van der Waals surface area contributed by atoms with Crippen molar-refractivity contribution in [2.75, 3.05) is 13.2 Å². The molecule has 22 heavy (non-hydrogen) atoms. The second-order valence-corrected chi connectivity index (χ2v) is 6.52. The fourth-order valence-corrected chi connectivity index (χ4v) is 2.22. The van der Waals surface area contributed by atoms with Gasteiger partial charge in [-0.15, -0.1) is 12.4 Å². The molecule has 0 aliphatic carbocycles. The van der Waals surface area contributed by atoms with Gasteiger partial charge in [0.15, 0.2) is 0 Å². The van der Waals surface area contributed by atoms with Crippen LogP contribution in [0.3, 0.4) is 0 Å². The van der Waals surface area contributed by atoms with Crippen molar-refractivity contribution in [3.05, 3.63) is 42.0 Å². The van der Waals surface area contributed by atoms with E-state index in [1.54, 1.807) is 0 Å². The Labute approximate surface area is 139 Å². The third-order valence-electron chi connectivity index (χ3n) is 3.40. The molecular weight excluding hydrogens is 298 g/mol. The largest absolute Gasteiger partial charge is 0.490 e. The molecular formula is C18H26ClNO2. The molecule has 0 aliphatic rings. The first-order valence-corrected chi connectivity index (χ1v) is 7.41. The first kappa shape index (κ1) is 18.8. The average molecular weight is 324 g/mol. The number of hydrogen-bond acceptors (Lipinski definition) is 3. The minimum atomic E-state index is -0.524. The van der Waals surface area contributed by atoms with Gasteiger partial charge in [0, 0.05) is 17.5 Å². The molecule has 0 aliphatic heterocycles. The molecule has 0 radical (unpaired) electrons. The van der Waals surface area contributed by atoms with Crippen molar-refractivity contribution in [1.82, 2.24) is 5.32 Å². The van der Waals surface area contributed by atoms with E-state index in [1.807, 2.05) is 18.2 Å². The van der Waals surface area contributed by atoms with E-state index in [1.165, 1.54) is 10.9 Å². The maximum absolute atomic E-state index is 10.0. The molecule has 0 bridgehead atoms. The molecule has 0 saturated carbocycles. The Hall–Kier alpha value is -1.29. The van der Waals surface area contributed by atoms with E-state index in [9.17, 15) is 5.11 Å². The highest BCUT2D eigenvalue weighted by Gasteiger charge is 2.13. The monoisotopic (exact) mass is 323 g/mol. The third-order valence-corrected chi connectivity index (χ3v) is 3.40. The summed E-state index contributed by atoms with van der Waals surface area (Å²) in [5.41, 5.74) is 1.23. The number of aliphatic hydroxyl groups is 1. The maximum atomic E-state index is 10.0. The van der Waals surface area contributed by atoms with Crippen molar-refractivity contribution in [3.63, 3.8) is 0 Å². The molecule has 1 atom stereocenters. The van der Waals surface area contributed by atoms with Crippen LogP contribution in [0.2, 0.25) is 0 Å². The number of rotatable bonds is 5. The quantitative estimate of drug-likeness (QED) is 0.881. The fraction of sp³-hybridized carbons (Fsp3) is 0.444. The van der Waals surface area contributed by atoms with Crippen LogP contribution in [0.4, 0.5) is 0 Å². The summed E-state index contributed by atoms with van der Waals surface area (Å²) in [5, 5.41) is 15.6. The van der Waals surface area contributed by atoms with Crippen molar-refractivity contribution in [1.29, 1.82) is 0 Å². The van der Waals surface area contributed by atoms with E-state index in [4.69, 9.17) is 4.74 Å². The Morgan fingerprint density at radius 3 is 2.36 bits per heavy atom. The minimum Gasteiger partial charge on any atom is -0.490 e. The van der Waals surface area contributed by atoms with Gasteiger partial charge in [0.05, 0.1) is 0 Å². The minimum absolute atomic E-state index is 0. The van der Waals surface area contributed by atoms with E-state index in [0.29, 0.717) is 6.54 Å². The van der Waals surface area contributed by atoms with Crippen molar-refractivity contribution in [2.45, 2.75) is 39.3 Å². The zero-order chi connectivity index (χ0) is 15.5. The lowest BCUT2D eigenvalue weighted by atomic mass is 10.0. The number of nitrogens with one attached hydrogen (secondary N) is 1. The Balaban J connectivity index is 0.00000242. The van der Waals surface area contributed by atoms with Crippen LogP contribution in [0.15, 0.2) is 36.4 Å². The lowest BCUT2D eigenvalue weighted by Gasteiger charge is -2.23. The van der Waals surface area contributed by atoms with Crippen LogP contribution in [0.25, 0.3) is 10.8 Å². The first-order chi connectivity index (χ1) is 9.87. The van der Waals surface area contributed by atoms with Crippen LogP contribution in [0.1, 0.15) is 26.3 Å². The Morgan fingerprint density at radius 2 is 1.73 bits per heavy atom. The number of benzene rings is 2. The van der Waals surface area contributed by atoms with Gasteiger partial charge in [0.2, 0.25) is 0 Å². The topological polar surface area (TPSA) is 41.5 Å². The Bertz CT molecular complexity index is 608. The molecule has 4 heteroatoms. The SMILES string of the molecule is Cc1ccc(OCC(O)CNC(C)(C)C)c2ccccc12.Cl. The summed E-state index contributed by atoms with van der Waals surface area (Å²) in [6.45, 7) is 9.13. The van der Waals surface area contributed by atoms with Crippen LogP contribution < -0.4 is 10.1 Å². The van der Waals surface area contributed by atoms with Crippen molar-refractivity contribution >= 4 is 23.2 Å². The molecule has 2 aromatic carbocycles. The van der Waals surface area contributed by atoms with Gasteiger partial charge in [0.25, 0.3) is 0 Å². The molecule has 0 heterocycles. The summed E-state index contributed by atoms with van der Waals surface area (Å²) in [6.07, 6.45) is -0.524. The number of β-amino-alcohol motifs (C(OH)–C–C–N with tert-alkyl or cyclic N) is 1. The van der Waals surface area contributed by atoms with E-state index < -0.39 is 6.10 Å². The summed E-state index contributed by atoms with van der Waals surface area (Å²) in [4.78, 5) is 0. The highest BCUT2D eigenvalue weighted by molar-refractivity contribution is 5.90. The molecule has 122 valence electrons. The van der Waals surface area contributed by atoms with Crippen LogP contribution in [-0.2, 0) is 0 Å². The standard InChI is InChI=1S/C18H25NO2.ClH/c1-13-9-10-17(16-8-6-5-7-15(13)16)21-12-14(20)11-19-18(2,3)4;/h5-10,14,19-20H,11-12H2,1-4H3;1H. The van der Waals surface area contributed by atoms with Crippen LogP contribution >= 0.6 is 12.4 Å². The second kappa shape index (κ2) is 7.82. The van der Waals surface area contributed by atoms with Gasteiger partial charge >= 0.3 is 0 Å². The molecule has 0 spiro atoms. The molecule has 2 N–H and O–H groups in total. The zero-order valence-electron chi connectivity index (χ0n) is 13.7. The highest BCUT2D eigenvalue weighted by Crippen LogP contribution is 2.28. The van der Waals surface area contributed by atoms with E-state index in [2.05, 4.69) is 51.2 Å². The van der Waals surface area contributed by atoms with Gasteiger partial charge in [-0.05, 0) is 44.7 Å². The predicted octanol–water partition coefficient (Wildman–Crippen LogP) is 3.70. The summed E-state index contributed by atoms with van der Waals surface area (Å²) < 4.78 is 5.81. The molecule has 2 rings (SSSR count). The number of halogens is 1. The van der Waals surface area contributed by atoms with Gasteiger partial charge in [-0.2, -0.15) is 0 Å². The van der Waals surface area contributed by atoms with Crippen molar-refractivity contribution in [3.8, 4) is 5.75 Å². The summed E-state index contributed by atoms with van der Waals surface area (Å²) in [6, 6.07) is 12.2. The normalized spacial score (nSPS) is 12.8. The number of ether oxygens (including phenoxy) is 1. The van der Waals surface area contributed by atoms with E-state index >= 15 is 0 Å². The summed E-state index contributed by atoms with van der Waals surface area (Å²) in [7, 11) is 0. The van der Waals surface area contributed by atoms with Gasteiger partial charge in [-0.3, -0.25) is 0 Å². The Kier molecular flexibility index (Phi) is 6.66. The van der Waals surface area contributed by atoms with Crippen LogP contribution in [-0.4, -0.2) is 29.9 Å². The molecule has 0 aromatic heterocycles. The average Bonchev–Trinajstić information content (AvgIpc) is 2.44. The van der Waals surface area contributed by atoms with E-state index in [0.717, 1.165) is 11.1 Å². The zero-order valence-corrected chi connectivity index (χ0v) is 14.5. The number of hydrogen-bond donors (Lipinski definition) is 2. The third kappa shape index (κ3) is 5.16. The number of fused-ring (bicyclic) bond motifs is 1. The van der Waals surface area contributed by atoms with Gasteiger partial charge in [-0.25, -0.2) is 0 Å². The molecule has 1 unspecified atom stereocenters. The number of aliphatic hydroxyl groups excluding tert-OH is 1. The van der Waals surface area contributed by atoms with Gasteiger partial charge in [0.1, 0.15) is 18.5 Å². The van der Waals surface area contributed by atoms with Crippen LogP contribution in [0, 0.1) is 6.92 Å². The summed E-state index contributed by atoms with van der Waals surface area (Å²) >= 11 is 0. The first-order valence-electron chi connectivity index (χ1n) is 7.41. The molecule has 0 fully saturated rings. The molecule has 0 amide bonds. The summed E-state index contributed by atoms with van der Waals surface area (Å²) in [5.74, 6) is 0.825. The molecule has 3 nitrogen and oxygen atoms in total. The second-order valence-electron chi connectivity index (χ2n) is 6.52. The van der Waals surface area contributed by atoms with E-state index in [-0.39, 0.29) is 24.6 Å². The lowest BCUT2D eigenvalue weighted by molar-refractivity contribution is 0.101. The lowest BCUT2D eigenvalue weighted by Crippen LogP contribution is -2.42. The van der Waals surface area contributed by atoms with Crippen LogP contribution in [0.5, 0.6) is 5.75 Å². The highest BCUT2D eigenvalue weighted by atomic mass is 35.5. The van der Waals surface area contributed by atoms with Gasteiger partial charge < -0.3 is 15.2 Å². The predicted molar refractivity (Wildman–Crippen MR) is 95.2 cm³/mol. The number of aryl methyl sites for hydroxylation is 1. The van der Waals surface area contributed by atoms with Crippen molar-refractivity contribution in [2.24, 2.45) is 0 Å².